The summed E-state index contributed by atoms with van der Waals surface area (Å²) in [7, 11) is 0. The van der Waals surface area contributed by atoms with Crippen LogP contribution in [-0.2, 0) is 0 Å². The second-order valence-electron chi connectivity index (χ2n) is 6.18. The summed E-state index contributed by atoms with van der Waals surface area (Å²) in [5.74, 6) is 6.04. The van der Waals surface area contributed by atoms with Crippen LogP contribution in [0.1, 0.15) is 18.1 Å². The molecule has 1 aromatic heterocycles. The average molecular weight is 313 g/mol. The van der Waals surface area contributed by atoms with Crippen LogP contribution in [0.15, 0.2) is 30.8 Å². The van der Waals surface area contributed by atoms with Gasteiger partial charge in [0.2, 0.25) is 0 Å². The molecule has 1 heterocycles. The topological polar surface area (TPSA) is 54.8 Å². The lowest BCUT2D eigenvalue weighted by atomic mass is 9.88. The predicted molar refractivity (Wildman–Crippen MR) is 104 cm³/mol. The Kier molecular flexibility index (Phi) is 2.85. The molecule has 0 atom stereocenters. The fourth-order valence-electron chi connectivity index (χ4n) is 3.96. The van der Waals surface area contributed by atoms with E-state index in [4.69, 9.17) is 11.3 Å². The number of rotatable bonds is 1. The SMILES string of the molecule is C=Cc1c(C)c(=CC)c2ccc3c(=N)n(N)c(=C)c4ccc1c2c43. The summed E-state index contributed by atoms with van der Waals surface area (Å²) in [6.45, 7) is 12.3. The summed E-state index contributed by atoms with van der Waals surface area (Å²) in [6.07, 6.45) is 4.06. The van der Waals surface area contributed by atoms with Gasteiger partial charge in [-0.25, -0.2) is 4.68 Å². The van der Waals surface area contributed by atoms with E-state index in [9.17, 15) is 0 Å². The smallest absolute Gasteiger partial charge is 0.151 e. The van der Waals surface area contributed by atoms with Gasteiger partial charge >= 0.3 is 0 Å². The minimum Gasteiger partial charge on any atom is -0.337 e. The van der Waals surface area contributed by atoms with E-state index in [0.29, 0.717) is 5.35 Å². The summed E-state index contributed by atoms with van der Waals surface area (Å²) in [5, 5.41) is 16.7. The van der Waals surface area contributed by atoms with Crippen LogP contribution in [0.2, 0.25) is 0 Å². The number of pyridine rings is 1. The highest BCUT2D eigenvalue weighted by Crippen LogP contribution is 2.33. The van der Waals surface area contributed by atoms with E-state index >= 15 is 0 Å². The number of nitrogen functional groups attached to an aromatic ring is 1. The maximum Gasteiger partial charge on any atom is 0.151 e. The highest BCUT2D eigenvalue weighted by molar-refractivity contribution is 6.24. The third-order valence-electron chi connectivity index (χ3n) is 5.14. The second-order valence-corrected chi connectivity index (χ2v) is 6.18. The molecule has 0 spiro atoms. The Balaban J connectivity index is 2.55. The Morgan fingerprint density at radius 1 is 1.04 bits per heavy atom. The van der Waals surface area contributed by atoms with Crippen LogP contribution in [0.5, 0.6) is 0 Å². The van der Waals surface area contributed by atoms with E-state index in [-0.39, 0.29) is 5.49 Å². The van der Waals surface area contributed by atoms with Gasteiger partial charge in [-0.1, -0.05) is 43.5 Å². The Morgan fingerprint density at radius 3 is 2.29 bits per heavy atom. The van der Waals surface area contributed by atoms with E-state index in [1.165, 1.54) is 20.8 Å². The fraction of sp³-hybridized carbons (Fsp3) is 0.0952. The Hall–Kier alpha value is -3.07. The molecule has 24 heavy (non-hydrogen) atoms. The first kappa shape index (κ1) is 14.5. The largest absolute Gasteiger partial charge is 0.337 e. The van der Waals surface area contributed by atoms with Crippen LogP contribution >= 0.6 is 0 Å². The maximum atomic E-state index is 8.38. The highest BCUT2D eigenvalue weighted by atomic mass is 15.3. The molecule has 3 N–H and O–H groups in total. The Morgan fingerprint density at radius 2 is 1.62 bits per heavy atom. The average Bonchev–Trinajstić information content (AvgIpc) is 2.59. The van der Waals surface area contributed by atoms with Crippen LogP contribution in [0.4, 0.5) is 0 Å². The summed E-state index contributed by atoms with van der Waals surface area (Å²) < 4.78 is 1.36. The molecule has 0 fully saturated rings. The zero-order valence-electron chi connectivity index (χ0n) is 13.9. The third-order valence-corrected chi connectivity index (χ3v) is 5.14. The minimum atomic E-state index is 0.282. The van der Waals surface area contributed by atoms with E-state index in [1.807, 2.05) is 12.1 Å². The van der Waals surface area contributed by atoms with Crippen LogP contribution < -0.4 is 21.9 Å². The summed E-state index contributed by atoms with van der Waals surface area (Å²) in [6, 6.07) is 8.26. The van der Waals surface area contributed by atoms with Crippen molar-refractivity contribution in [2.75, 3.05) is 5.84 Å². The number of nitrogens with two attached hydrogens (primary N) is 1. The van der Waals surface area contributed by atoms with E-state index in [1.54, 1.807) is 0 Å². The molecule has 4 rings (SSSR count). The number of hydrogen-bond donors (Lipinski definition) is 2. The van der Waals surface area contributed by atoms with Gasteiger partial charge in [-0.3, -0.25) is 5.41 Å². The molecule has 4 aromatic rings. The van der Waals surface area contributed by atoms with Crippen molar-refractivity contribution in [3.8, 4) is 0 Å². The summed E-state index contributed by atoms with van der Waals surface area (Å²) in [5.41, 5.74) is 2.66. The highest BCUT2D eigenvalue weighted by Gasteiger charge is 2.15. The van der Waals surface area contributed by atoms with Crippen molar-refractivity contribution >= 4 is 51.0 Å². The zero-order chi connectivity index (χ0) is 17.2. The molecule has 3 heteroatoms. The zero-order valence-corrected chi connectivity index (χ0v) is 13.9. The number of aromatic nitrogens is 1. The predicted octanol–water partition coefficient (Wildman–Crippen LogP) is 2.74. The lowest BCUT2D eigenvalue weighted by Crippen LogP contribution is -2.39. The van der Waals surface area contributed by atoms with Crippen molar-refractivity contribution < 1.29 is 0 Å². The molecule has 0 aliphatic carbocycles. The normalized spacial score (nSPS) is 12.7. The molecule has 0 bridgehead atoms. The van der Waals surface area contributed by atoms with Gasteiger partial charge < -0.3 is 5.84 Å². The standard InChI is InChI=1S/C21H19N3/c1-5-13-11(3)14(6-2)17-9-10-18-19-15(7-8-16(13)20(17)19)12(4)24(23)21(18)22/h5-10,22H,1,4,23H2,2-3H3. The lowest BCUT2D eigenvalue weighted by molar-refractivity contribution is 0.876. The van der Waals surface area contributed by atoms with Crippen molar-refractivity contribution in [3.05, 3.63) is 58.0 Å². The summed E-state index contributed by atoms with van der Waals surface area (Å²) in [4.78, 5) is 0. The quantitative estimate of drug-likeness (QED) is 0.412. The van der Waals surface area contributed by atoms with Gasteiger partial charge in [-0.15, -0.1) is 0 Å². The van der Waals surface area contributed by atoms with Crippen molar-refractivity contribution in [2.24, 2.45) is 0 Å². The molecule has 0 saturated carbocycles. The molecule has 118 valence electrons. The summed E-state index contributed by atoms with van der Waals surface area (Å²) >= 11 is 0. The molecule has 3 nitrogen and oxygen atoms in total. The van der Waals surface area contributed by atoms with Crippen LogP contribution in [-0.4, -0.2) is 4.68 Å². The lowest BCUT2D eigenvalue weighted by Gasteiger charge is -2.17. The Labute approximate surface area is 139 Å². The van der Waals surface area contributed by atoms with E-state index in [2.05, 4.69) is 51.3 Å². The Bertz CT molecular complexity index is 1290. The number of hydrogen-bond acceptors (Lipinski definition) is 2. The monoisotopic (exact) mass is 313 g/mol. The first-order valence-corrected chi connectivity index (χ1v) is 7.94. The molecule has 0 saturated heterocycles. The maximum absolute atomic E-state index is 8.38. The van der Waals surface area contributed by atoms with Crippen molar-refractivity contribution in [3.63, 3.8) is 0 Å². The van der Waals surface area contributed by atoms with E-state index in [0.717, 1.165) is 32.5 Å². The fourth-order valence-corrected chi connectivity index (χ4v) is 3.96. The van der Waals surface area contributed by atoms with Gasteiger partial charge in [-0.2, -0.15) is 0 Å². The molecule has 0 amide bonds. The molecular weight excluding hydrogens is 294 g/mol. The van der Waals surface area contributed by atoms with Gasteiger partial charge in [0.1, 0.15) is 0 Å². The first-order valence-electron chi connectivity index (χ1n) is 7.94. The van der Waals surface area contributed by atoms with E-state index < -0.39 is 0 Å². The minimum absolute atomic E-state index is 0.282. The molecule has 0 aliphatic heterocycles. The molecule has 0 radical (unpaired) electrons. The third kappa shape index (κ3) is 1.54. The van der Waals surface area contributed by atoms with Gasteiger partial charge in [0.05, 0.1) is 5.35 Å². The molecule has 3 aromatic carbocycles. The van der Waals surface area contributed by atoms with Crippen LogP contribution in [0.3, 0.4) is 0 Å². The molecule has 0 aliphatic rings. The number of nitrogens with zero attached hydrogens (tertiary/aromatic N) is 1. The van der Waals surface area contributed by atoms with Gasteiger partial charge in [0.15, 0.2) is 5.49 Å². The van der Waals surface area contributed by atoms with Crippen molar-refractivity contribution in [1.29, 1.82) is 5.41 Å². The van der Waals surface area contributed by atoms with Gasteiger partial charge in [0, 0.05) is 16.2 Å². The van der Waals surface area contributed by atoms with Crippen molar-refractivity contribution in [2.45, 2.75) is 13.8 Å². The van der Waals surface area contributed by atoms with Gasteiger partial charge in [-0.05, 0) is 52.4 Å². The first-order chi connectivity index (χ1) is 11.5. The van der Waals surface area contributed by atoms with Crippen molar-refractivity contribution in [1.82, 2.24) is 4.68 Å². The number of nitrogens with one attached hydrogen (secondary N) is 1. The van der Waals surface area contributed by atoms with Crippen LogP contribution in [0, 0.1) is 12.3 Å². The second kappa shape index (κ2) is 4.71. The molecular formula is C21H19N3. The number of benzene rings is 3. The molecule has 0 unspecified atom stereocenters. The van der Waals surface area contributed by atoms with Crippen LogP contribution in [0.25, 0.3) is 51.0 Å². The van der Waals surface area contributed by atoms with Gasteiger partial charge in [0.25, 0.3) is 0 Å².